The van der Waals surface area contributed by atoms with Crippen LogP contribution in [0.15, 0.2) is 6.20 Å². The summed E-state index contributed by atoms with van der Waals surface area (Å²) in [5.74, 6) is 0.226. The number of aromatic nitrogens is 2. The first-order chi connectivity index (χ1) is 10.1. The maximum Gasteiger partial charge on any atom is 0.211 e. The second-order valence-corrected chi connectivity index (χ2v) is 7.70. The lowest BCUT2D eigenvalue weighted by Gasteiger charge is -2.07. The number of sulfonamides is 1. The zero-order valence-electron chi connectivity index (χ0n) is 12.7. The number of hydrogen-bond donors (Lipinski definition) is 3. The second-order valence-electron chi connectivity index (χ2n) is 5.77. The van der Waals surface area contributed by atoms with Crippen LogP contribution in [0.3, 0.4) is 0 Å². The molecular formula is C14H26N4O2S. The van der Waals surface area contributed by atoms with Gasteiger partial charge in [-0.25, -0.2) is 13.1 Å². The van der Waals surface area contributed by atoms with Crippen LogP contribution in [0.4, 0.5) is 0 Å². The van der Waals surface area contributed by atoms with E-state index in [0.29, 0.717) is 12.6 Å². The van der Waals surface area contributed by atoms with Gasteiger partial charge >= 0.3 is 0 Å². The minimum Gasteiger partial charge on any atom is -0.314 e. The molecule has 0 aliphatic heterocycles. The fraction of sp³-hybridized carbons (Fsp3) is 0.786. The van der Waals surface area contributed by atoms with Crippen molar-refractivity contribution in [2.75, 3.05) is 18.8 Å². The molecule has 21 heavy (non-hydrogen) atoms. The van der Waals surface area contributed by atoms with Gasteiger partial charge < -0.3 is 5.32 Å². The standard InChI is InChI=1S/C14H26N4O2S/c1-12-13(11-16-18-12)5-4-9-17-21(19,20)10-3-2-8-15-14-6-7-14/h11,14-15,17H,2-10H2,1H3,(H,16,18). The van der Waals surface area contributed by atoms with E-state index in [9.17, 15) is 8.42 Å². The number of rotatable bonds is 11. The summed E-state index contributed by atoms with van der Waals surface area (Å²) in [6.45, 7) is 3.40. The Balaban J connectivity index is 1.52. The summed E-state index contributed by atoms with van der Waals surface area (Å²) < 4.78 is 26.3. The molecule has 1 aromatic rings. The van der Waals surface area contributed by atoms with E-state index in [1.54, 1.807) is 6.20 Å². The third-order valence-corrected chi connectivity index (χ3v) is 5.20. The van der Waals surface area contributed by atoms with Crippen molar-refractivity contribution in [3.8, 4) is 0 Å². The van der Waals surface area contributed by atoms with Gasteiger partial charge in [-0.3, -0.25) is 5.10 Å². The van der Waals surface area contributed by atoms with Gasteiger partial charge in [-0.1, -0.05) is 0 Å². The van der Waals surface area contributed by atoms with Crippen LogP contribution in [0.1, 0.15) is 43.4 Å². The zero-order valence-corrected chi connectivity index (χ0v) is 13.5. The molecule has 1 heterocycles. The number of nitrogens with zero attached hydrogens (tertiary/aromatic N) is 1. The van der Waals surface area contributed by atoms with Gasteiger partial charge in [0.1, 0.15) is 0 Å². The van der Waals surface area contributed by atoms with E-state index in [1.807, 2.05) is 6.92 Å². The molecule has 0 bridgehead atoms. The number of hydrogen-bond acceptors (Lipinski definition) is 4. The number of aryl methyl sites for hydroxylation is 2. The minimum atomic E-state index is -3.12. The van der Waals surface area contributed by atoms with Crippen LogP contribution in [0.5, 0.6) is 0 Å². The summed E-state index contributed by atoms with van der Waals surface area (Å²) in [7, 11) is -3.12. The van der Waals surface area contributed by atoms with E-state index in [4.69, 9.17) is 0 Å². The van der Waals surface area contributed by atoms with Crippen molar-refractivity contribution in [1.82, 2.24) is 20.2 Å². The third kappa shape index (κ3) is 6.58. The van der Waals surface area contributed by atoms with E-state index >= 15 is 0 Å². The van der Waals surface area contributed by atoms with Crippen molar-refractivity contribution in [3.63, 3.8) is 0 Å². The highest BCUT2D eigenvalue weighted by Gasteiger charge is 2.19. The molecular weight excluding hydrogens is 288 g/mol. The van der Waals surface area contributed by atoms with Crippen LogP contribution >= 0.6 is 0 Å². The number of aromatic amines is 1. The monoisotopic (exact) mass is 314 g/mol. The lowest BCUT2D eigenvalue weighted by molar-refractivity contribution is 0.571. The molecule has 0 atom stereocenters. The Hall–Kier alpha value is -0.920. The average molecular weight is 314 g/mol. The summed E-state index contributed by atoms with van der Waals surface area (Å²) in [5.41, 5.74) is 2.21. The molecule has 120 valence electrons. The first kappa shape index (κ1) is 16.5. The molecule has 7 heteroatoms. The molecule has 6 nitrogen and oxygen atoms in total. The van der Waals surface area contributed by atoms with Gasteiger partial charge in [-0.15, -0.1) is 0 Å². The van der Waals surface area contributed by atoms with Crippen LogP contribution in [0.25, 0.3) is 0 Å². The minimum absolute atomic E-state index is 0.226. The highest BCUT2D eigenvalue weighted by molar-refractivity contribution is 7.89. The van der Waals surface area contributed by atoms with Gasteiger partial charge in [-0.05, 0) is 57.6 Å². The van der Waals surface area contributed by atoms with E-state index in [1.165, 1.54) is 12.8 Å². The Labute approximate surface area is 127 Å². The van der Waals surface area contributed by atoms with Gasteiger partial charge in [0.25, 0.3) is 0 Å². The van der Waals surface area contributed by atoms with Crippen LogP contribution in [0.2, 0.25) is 0 Å². The quantitative estimate of drug-likeness (QED) is 0.534. The molecule has 1 saturated carbocycles. The fourth-order valence-electron chi connectivity index (χ4n) is 2.22. The van der Waals surface area contributed by atoms with Crippen molar-refractivity contribution in [1.29, 1.82) is 0 Å². The van der Waals surface area contributed by atoms with Crippen LogP contribution in [0, 0.1) is 6.92 Å². The Kier molecular flexibility index (Phi) is 6.20. The first-order valence-corrected chi connectivity index (χ1v) is 9.41. The summed E-state index contributed by atoms with van der Waals surface area (Å²) >= 11 is 0. The first-order valence-electron chi connectivity index (χ1n) is 7.76. The van der Waals surface area contributed by atoms with E-state index < -0.39 is 10.0 Å². The predicted molar refractivity (Wildman–Crippen MR) is 83.7 cm³/mol. The third-order valence-electron chi connectivity index (χ3n) is 3.73. The predicted octanol–water partition coefficient (Wildman–Crippen LogP) is 1.10. The molecule has 1 fully saturated rings. The number of unbranched alkanes of at least 4 members (excludes halogenated alkanes) is 1. The Bertz CT molecular complexity index is 523. The Morgan fingerprint density at radius 1 is 1.29 bits per heavy atom. The highest BCUT2D eigenvalue weighted by atomic mass is 32.2. The molecule has 1 aromatic heterocycles. The Morgan fingerprint density at radius 3 is 2.76 bits per heavy atom. The summed E-state index contributed by atoms with van der Waals surface area (Å²) in [4.78, 5) is 0. The molecule has 1 aliphatic rings. The maximum absolute atomic E-state index is 11.8. The topological polar surface area (TPSA) is 86.9 Å². The lowest BCUT2D eigenvalue weighted by atomic mass is 10.1. The van der Waals surface area contributed by atoms with Gasteiger partial charge in [0.05, 0.1) is 11.9 Å². The normalized spacial score (nSPS) is 15.5. The summed E-state index contributed by atoms with van der Waals surface area (Å²) in [6, 6.07) is 0.700. The summed E-state index contributed by atoms with van der Waals surface area (Å²) in [5, 5.41) is 10.2. The van der Waals surface area contributed by atoms with E-state index in [0.717, 1.165) is 43.5 Å². The molecule has 1 aliphatic carbocycles. The van der Waals surface area contributed by atoms with Crippen LogP contribution < -0.4 is 10.0 Å². The molecule has 0 aromatic carbocycles. The molecule has 0 amide bonds. The van der Waals surface area contributed by atoms with Crippen molar-refractivity contribution in [3.05, 3.63) is 17.5 Å². The van der Waals surface area contributed by atoms with Crippen molar-refractivity contribution >= 4 is 10.0 Å². The van der Waals surface area contributed by atoms with Gasteiger partial charge in [0.2, 0.25) is 10.0 Å². The zero-order chi connectivity index (χ0) is 15.1. The van der Waals surface area contributed by atoms with Crippen molar-refractivity contribution in [2.45, 2.75) is 51.5 Å². The van der Waals surface area contributed by atoms with E-state index in [2.05, 4.69) is 20.2 Å². The molecule has 0 radical (unpaired) electrons. The fourth-order valence-corrected chi connectivity index (χ4v) is 3.40. The largest absolute Gasteiger partial charge is 0.314 e. The molecule has 2 rings (SSSR count). The molecule has 0 spiro atoms. The van der Waals surface area contributed by atoms with Crippen molar-refractivity contribution < 1.29 is 8.42 Å². The maximum atomic E-state index is 11.8. The Morgan fingerprint density at radius 2 is 2.10 bits per heavy atom. The van der Waals surface area contributed by atoms with E-state index in [-0.39, 0.29) is 5.75 Å². The van der Waals surface area contributed by atoms with Gasteiger partial charge in [0, 0.05) is 18.3 Å². The highest BCUT2D eigenvalue weighted by Crippen LogP contribution is 2.18. The average Bonchev–Trinajstić information content (AvgIpc) is 3.17. The second kappa shape index (κ2) is 7.91. The van der Waals surface area contributed by atoms with Crippen LogP contribution in [-0.2, 0) is 16.4 Å². The molecule has 0 unspecified atom stereocenters. The van der Waals surface area contributed by atoms with Gasteiger partial charge in [-0.2, -0.15) is 5.10 Å². The smallest absolute Gasteiger partial charge is 0.211 e. The SMILES string of the molecule is Cc1[nH]ncc1CCCNS(=O)(=O)CCCCNC1CC1. The molecule has 3 N–H and O–H groups in total. The van der Waals surface area contributed by atoms with Crippen LogP contribution in [-0.4, -0.2) is 43.5 Å². The molecule has 0 saturated heterocycles. The number of H-pyrrole nitrogens is 1. The summed E-state index contributed by atoms with van der Waals surface area (Å²) in [6.07, 6.45) is 7.63. The van der Waals surface area contributed by atoms with Gasteiger partial charge in [0.15, 0.2) is 0 Å². The number of nitrogens with one attached hydrogen (secondary N) is 3. The van der Waals surface area contributed by atoms with Crippen molar-refractivity contribution in [2.24, 2.45) is 0 Å². The lowest BCUT2D eigenvalue weighted by Crippen LogP contribution is -2.28.